The average molecular weight is 602 g/mol. The molecule has 2 aliphatic heterocycles. The second-order valence-corrected chi connectivity index (χ2v) is 11.5. The van der Waals surface area contributed by atoms with Crippen LogP contribution in [0.4, 0.5) is 14.6 Å². The molecule has 1 atom stereocenters. The monoisotopic (exact) mass is 601 g/mol. The van der Waals surface area contributed by atoms with Crippen LogP contribution in [0.15, 0.2) is 78.9 Å². The molecule has 220 valence electrons. The molecule has 0 aliphatic carbocycles. The Kier molecular flexibility index (Phi) is 7.98. The summed E-state index contributed by atoms with van der Waals surface area (Å²) >= 11 is 1.39. The van der Waals surface area contributed by atoms with Crippen molar-refractivity contribution in [2.24, 2.45) is 0 Å². The van der Waals surface area contributed by atoms with Gasteiger partial charge in [-0.1, -0.05) is 42.5 Å². The van der Waals surface area contributed by atoms with Gasteiger partial charge >= 0.3 is 0 Å². The zero-order chi connectivity index (χ0) is 30.1. The Morgan fingerprint density at radius 3 is 2.09 bits per heavy atom. The number of aromatic nitrogens is 2. The summed E-state index contributed by atoms with van der Waals surface area (Å²) in [5.41, 5.74) is 3.40. The number of nitrogens with zero attached hydrogens (tertiary/aromatic N) is 5. The minimum atomic E-state index is -0.419. The number of hydrogen-bond acceptors (Lipinski definition) is 5. The van der Waals surface area contributed by atoms with E-state index in [2.05, 4.69) is 0 Å². The summed E-state index contributed by atoms with van der Waals surface area (Å²) in [6, 6.07) is 21.5. The Balaban J connectivity index is 1.51. The summed E-state index contributed by atoms with van der Waals surface area (Å²) in [5, 5.41) is 4.56. The van der Waals surface area contributed by atoms with Crippen molar-refractivity contribution in [3.8, 4) is 16.9 Å². The van der Waals surface area contributed by atoms with Crippen molar-refractivity contribution in [1.82, 2.24) is 19.6 Å². The number of hydrogen-bond donors (Lipinski definition) is 0. The van der Waals surface area contributed by atoms with E-state index in [9.17, 15) is 23.2 Å². The highest BCUT2D eigenvalue weighted by molar-refractivity contribution is 8.00. The number of fused-ring (bicyclic) bond motifs is 1. The molecule has 4 aromatic rings. The largest absolute Gasteiger partial charge is 0.339 e. The van der Waals surface area contributed by atoms with Gasteiger partial charge in [0.15, 0.2) is 0 Å². The Bertz CT molecular complexity index is 1650. The Hall–Kier alpha value is -4.51. The number of piperazine rings is 1. The first-order valence-electron chi connectivity index (χ1n) is 13.9. The maximum Gasteiger partial charge on any atom is 0.242 e. The van der Waals surface area contributed by atoms with Crippen LogP contribution in [0.3, 0.4) is 0 Å². The fraction of sp³-hybridized carbons (Fsp3) is 0.250. The second-order valence-electron chi connectivity index (χ2n) is 10.4. The van der Waals surface area contributed by atoms with Gasteiger partial charge in [-0.25, -0.2) is 13.5 Å². The predicted molar refractivity (Wildman–Crippen MR) is 161 cm³/mol. The van der Waals surface area contributed by atoms with Crippen molar-refractivity contribution in [2.45, 2.75) is 12.2 Å². The van der Waals surface area contributed by atoms with Gasteiger partial charge in [0, 0.05) is 44.2 Å². The second kappa shape index (κ2) is 12.0. The molecule has 11 heteroatoms. The van der Waals surface area contributed by atoms with E-state index in [1.54, 1.807) is 38.7 Å². The summed E-state index contributed by atoms with van der Waals surface area (Å²) in [7, 11) is 0. The lowest BCUT2D eigenvalue weighted by molar-refractivity contribution is -0.137. The minimum Gasteiger partial charge on any atom is -0.339 e. The molecule has 3 amide bonds. The number of anilines is 1. The van der Waals surface area contributed by atoms with Crippen LogP contribution in [0.5, 0.6) is 0 Å². The van der Waals surface area contributed by atoms with Crippen LogP contribution in [0.1, 0.15) is 23.3 Å². The molecule has 0 radical (unpaired) electrons. The fourth-order valence-corrected chi connectivity index (χ4v) is 6.70. The van der Waals surface area contributed by atoms with Crippen LogP contribution in [0.2, 0.25) is 0 Å². The van der Waals surface area contributed by atoms with Crippen LogP contribution in [0, 0.1) is 11.6 Å². The number of thioether (sulfide) groups is 1. The van der Waals surface area contributed by atoms with E-state index in [1.165, 1.54) is 47.9 Å². The molecule has 0 N–H and O–H groups in total. The summed E-state index contributed by atoms with van der Waals surface area (Å²) in [4.78, 5) is 44.2. The molecule has 1 aromatic heterocycles. The third-order valence-corrected chi connectivity index (χ3v) is 9.01. The summed E-state index contributed by atoms with van der Waals surface area (Å²) < 4.78 is 29.5. The molecule has 1 unspecified atom stereocenters. The van der Waals surface area contributed by atoms with Crippen molar-refractivity contribution >= 4 is 35.3 Å². The highest BCUT2D eigenvalue weighted by Gasteiger charge is 2.38. The van der Waals surface area contributed by atoms with Gasteiger partial charge < -0.3 is 9.80 Å². The van der Waals surface area contributed by atoms with Gasteiger partial charge in [-0.15, -0.1) is 11.8 Å². The molecular formula is C32H29F2N5O3S. The molecule has 1 saturated heterocycles. The molecule has 3 aromatic carbocycles. The van der Waals surface area contributed by atoms with Crippen molar-refractivity contribution in [2.75, 3.05) is 43.4 Å². The fourth-order valence-electron chi connectivity index (χ4n) is 5.50. The van der Waals surface area contributed by atoms with E-state index < -0.39 is 11.1 Å². The predicted octanol–water partition coefficient (Wildman–Crippen LogP) is 4.68. The number of rotatable bonds is 5. The third-order valence-electron chi connectivity index (χ3n) is 7.75. The molecular weight excluding hydrogens is 572 g/mol. The van der Waals surface area contributed by atoms with Crippen molar-refractivity contribution in [3.05, 3.63) is 102 Å². The van der Waals surface area contributed by atoms with Gasteiger partial charge in [0.25, 0.3) is 0 Å². The van der Waals surface area contributed by atoms with Gasteiger partial charge in [0.1, 0.15) is 24.0 Å². The quantitative estimate of drug-likeness (QED) is 0.332. The summed E-state index contributed by atoms with van der Waals surface area (Å²) in [6.07, 6.45) is 0. The Morgan fingerprint density at radius 2 is 1.47 bits per heavy atom. The summed E-state index contributed by atoms with van der Waals surface area (Å²) in [6.45, 7) is 2.86. The Morgan fingerprint density at radius 1 is 0.860 bits per heavy atom. The zero-order valence-electron chi connectivity index (χ0n) is 23.5. The standard InChI is InChI=1S/C32H29F2N5O3S/c1-21(40)36-15-17-37(18-16-36)27(41)19-38-28(42)20-43-31(23-7-9-24(33)10-8-23)29-30(22-5-3-2-4-6-22)35-39(32(29)38)26-13-11-25(34)12-14-26/h2-14,31H,15-20H2,1H3. The molecule has 1 fully saturated rings. The van der Waals surface area contributed by atoms with E-state index in [0.29, 0.717) is 48.9 Å². The highest BCUT2D eigenvalue weighted by Crippen LogP contribution is 2.48. The van der Waals surface area contributed by atoms with E-state index >= 15 is 0 Å². The lowest BCUT2D eigenvalue weighted by Gasteiger charge is -2.35. The Labute approximate surface area is 251 Å². The van der Waals surface area contributed by atoms with Gasteiger partial charge in [0.2, 0.25) is 17.7 Å². The smallest absolute Gasteiger partial charge is 0.242 e. The van der Waals surface area contributed by atoms with Gasteiger partial charge in [-0.05, 0) is 42.0 Å². The molecule has 6 rings (SSSR count). The van der Waals surface area contributed by atoms with E-state index in [1.807, 2.05) is 30.3 Å². The zero-order valence-corrected chi connectivity index (χ0v) is 24.3. The average Bonchev–Trinajstić information content (AvgIpc) is 3.35. The first-order chi connectivity index (χ1) is 20.8. The first-order valence-corrected chi connectivity index (χ1v) is 15.0. The lowest BCUT2D eigenvalue weighted by Crippen LogP contribution is -2.53. The number of carbonyl (C=O) groups is 3. The summed E-state index contributed by atoms with van der Waals surface area (Å²) in [5.74, 6) is -0.889. The SMILES string of the molecule is CC(=O)N1CCN(C(=O)CN2C(=O)CSC(c3ccc(F)cc3)c3c(-c4ccccc4)nn(-c4ccc(F)cc4)c32)CC1. The number of carbonyl (C=O) groups excluding carboxylic acids is 3. The molecule has 43 heavy (non-hydrogen) atoms. The number of halogens is 2. The van der Waals surface area contributed by atoms with Crippen LogP contribution >= 0.6 is 11.8 Å². The number of amides is 3. The lowest BCUT2D eigenvalue weighted by atomic mass is 9.99. The first kappa shape index (κ1) is 28.6. The molecule has 0 saturated carbocycles. The maximum atomic E-state index is 14.0. The van der Waals surface area contributed by atoms with E-state index in [-0.39, 0.29) is 35.8 Å². The molecule has 0 bridgehead atoms. The van der Waals surface area contributed by atoms with Crippen molar-refractivity contribution in [1.29, 1.82) is 0 Å². The molecule has 2 aliphatic rings. The van der Waals surface area contributed by atoms with Crippen LogP contribution < -0.4 is 4.90 Å². The van der Waals surface area contributed by atoms with Crippen molar-refractivity contribution < 1.29 is 23.2 Å². The number of benzene rings is 3. The highest BCUT2D eigenvalue weighted by atomic mass is 32.2. The van der Waals surface area contributed by atoms with Gasteiger partial charge in [-0.2, -0.15) is 5.10 Å². The van der Waals surface area contributed by atoms with Gasteiger partial charge in [-0.3, -0.25) is 19.3 Å². The molecule has 3 heterocycles. The normalized spacial score (nSPS) is 17.0. The van der Waals surface area contributed by atoms with Crippen LogP contribution in [-0.2, 0) is 14.4 Å². The third kappa shape index (κ3) is 5.77. The van der Waals surface area contributed by atoms with Gasteiger partial charge in [0.05, 0.1) is 22.4 Å². The molecule has 8 nitrogen and oxygen atoms in total. The molecule has 0 spiro atoms. The van der Waals surface area contributed by atoms with E-state index in [0.717, 1.165) is 11.1 Å². The van der Waals surface area contributed by atoms with Crippen LogP contribution in [-0.4, -0.2) is 75.8 Å². The van der Waals surface area contributed by atoms with Crippen LogP contribution in [0.25, 0.3) is 16.9 Å². The van der Waals surface area contributed by atoms with E-state index in [4.69, 9.17) is 5.10 Å². The minimum absolute atomic E-state index is 0.0417. The maximum absolute atomic E-state index is 14.0. The topological polar surface area (TPSA) is 78.8 Å². The van der Waals surface area contributed by atoms with Crippen molar-refractivity contribution in [3.63, 3.8) is 0 Å².